The van der Waals surface area contributed by atoms with Crippen molar-refractivity contribution >= 4 is 33.2 Å². The molecule has 0 saturated heterocycles. The number of anilines is 1. The molecule has 0 aliphatic heterocycles. The predicted octanol–water partition coefficient (Wildman–Crippen LogP) is 4.22. The molecule has 2 rings (SSSR count). The van der Waals surface area contributed by atoms with Gasteiger partial charge in [-0.3, -0.25) is 9.52 Å². The van der Waals surface area contributed by atoms with E-state index in [1.807, 2.05) is 27.7 Å². The Kier molecular flexibility index (Phi) is 6.31. The lowest BCUT2D eigenvalue weighted by atomic mass is 10.1. The maximum absolute atomic E-state index is 12.4. The average Bonchev–Trinajstić information content (AvgIpc) is 2.54. The van der Waals surface area contributed by atoms with Crippen molar-refractivity contribution in [2.45, 2.75) is 38.6 Å². The number of nitrogens with one attached hydrogen (secondary N) is 2. The highest BCUT2D eigenvalue weighted by atomic mass is 35.5. The first-order valence-electron chi connectivity index (χ1n) is 8.30. The van der Waals surface area contributed by atoms with Crippen LogP contribution in [0.1, 0.15) is 36.7 Å². The van der Waals surface area contributed by atoms with Crippen LogP contribution in [-0.2, 0) is 10.0 Å². The zero-order valence-corrected chi connectivity index (χ0v) is 16.8. The Morgan fingerprint density at radius 1 is 1.04 bits per heavy atom. The normalized spacial score (nSPS) is 12.7. The maximum atomic E-state index is 12.4. The highest BCUT2D eigenvalue weighted by Crippen LogP contribution is 2.24. The van der Waals surface area contributed by atoms with Gasteiger partial charge in [-0.25, -0.2) is 8.42 Å². The van der Waals surface area contributed by atoms with Crippen molar-refractivity contribution in [1.29, 1.82) is 0 Å². The lowest BCUT2D eigenvalue weighted by molar-refractivity contribution is 0.0930. The lowest BCUT2D eigenvalue weighted by Gasteiger charge is -2.18. The minimum Gasteiger partial charge on any atom is -0.349 e. The fourth-order valence-corrected chi connectivity index (χ4v) is 3.46. The third-order valence-corrected chi connectivity index (χ3v) is 5.87. The van der Waals surface area contributed by atoms with Crippen LogP contribution >= 0.6 is 11.6 Å². The fraction of sp³-hybridized carbons (Fsp3) is 0.316. The molecular formula is C19H23ClN2O3S. The molecule has 140 valence electrons. The van der Waals surface area contributed by atoms with Gasteiger partial charge in [-0.05, 0) is 50.1 Å². The van der Waals surface area contributed by atoms with Crippen LogP contribution in [0, 0.1) is 12.8 Å². The fourth-order valence-electron chi connectivity index (χ4n) is 2.15. The van der Waals surface area contributed by atoms with Crippen molar-refractivity contribution in [1.82, 2.24) is 5.32 Å². The molecule has 2 aromatic carbocycles. The topological polar surface area (TPSA) is 75.3 Å². The Bertz CT molecular complexity index is 894. The third kappa shape index (κ3) is 4.99. The molecule has 0 bridgehead atoms. The van der Waals surface area contributed by atoms with Crippen LogP contribution in [-0.4, -0.2) is 20.4 Å². The second-order valence-corrected chi connectivity index (χ2v) is 8.71. The molecule has 26 heavy (non-hydrogen) atoms. The zero-order chi connectivity index (χ0) is 19.5. The Morgan fingerprint density at radius 3 is 2.19 bits per heavy atom. The molecule has 0 spiro atoms. The molecule has 5 nitrogen and oxygen atoms in total. The Hall–Kier alpha value is -2.05. The van der Waals surface area contributed by atoms with Crippen molar-refractivity contribution in [3.05, 3.63) is 58.6 Å². The highest BCUT2D eigenvalue weighted by molar-refractivity contribution is 7.92. The van der Waals surface area contributed by atoms with Crippen molar-refractivity contribution < 1.29 is 13.2 Å². The number of benzene rings is 2. The van der Waals surface area contributed by atoms with Crippen LogP contribution in [0.5, 0.6) is 0 Å². The van der Waals surface area contributed by atoms with Gasteiger partial charge in [-0.1, -0.05) is 43.1 Å². The van der Waals surface area contributed by atoms with Crippen molar-refractivity contribution in [3.8, 4) is 0 Å². The van der Waals surface area contributed by atoms with E-state index < -0.39 is 10.0 Å². The zero-order valence-electron chi connectivity index (χ0n) is 15.2. The van der Waals surface area contributed by atoms with Crippen LogP contribution in [0.15, 0.2) is 47.4 Å². The van der Waals surface area contributed by atoms with Gasteiger partial charge in [0, 0.05) is 6.04 Å². The van der Waals surface area contributed by atoms with E-state index in [2.05, 4.69) is 10.0 Å². The molecule has 0 aliphatic rings. The highest BCUT2D eigenvalue weighted by Gasteiger charge is 2.18. The summed E-state index contributed by atoms with van der Waals surface area (Å²) < 4.78 is 27.3. The quantitative estimate of drug-likeness (QED) is 0.770. The maximum Gasteiger partial charge on any atom is 0.261 e. The smallest absolute Gasteiger partial charge is 0.261 e. The number of halogens is 1. The summed E-state index contributed by atoms with van der Waals surface area (Å²) >= 11 is 6.19. The molecule has 0 radical (unpaired) electrons. The molecule has 0 saturated carbocycles. The number of rotatable bonds is 6. The number of carbonyl (C=O) groups excluding carboxylic acids is 1. The summed E-state index contributed by atoms with van der Waals surface area (Å²) in [6.07, 6.45) is 0. The molecule has 2 N–H and O–H groups in total. The summed E-state index contributed by atoms with van der Waals surface area (Å²) in [5.74, 6) is 0.00228. The SMILES string of the molecule is Cc1ccc(S(=O)(=O)Nc2ccc(C(=O)N[C@H](C)C(C)C)c(Cl)c2)cc1. The summed E-state index contributed by atoms with van der Waals surface area (Å²) in [4.78, 5) is 12.5. The molecule has 1 amide bonds. The molecule has 2 aromatic rings. The lowest BCUT2D eigenvalue weighted by Crippen LogP contribution is -2.36. The number of hydrogen-bond donors (Lipinski definition) is 2. The molecule has 7 heteroatoms. The largest absolute Gasteiger partial charge is 0.349 e. The van der Waals surface area contributed by atoms with Crippen molar-refractivity contribution in [3.63, 3.8) is 0 Å². The molecule has 1 atom stereocenters. The predicted molar refractivity (Wildman–Crippen MR) is 105 cm³/mol. The second-order valence-electron chi connectivity index (χ2n) is 6.62. The van der Waals surface area contributed by atoms with E-state index >= 15 is 0 Å². The number of hydrogen-bond acceptors (Lipinski definition) is 3. The van der Waals surface area contributed by atoms with Gasteiger partial charge in [-0.2, -0.15) is 0 Å². The van der Waals surface area contributed by atoms with Gasteiger partial charge in [0.05, 0.1) is 21.2 Å². The van der Waals surface area contributed by atoms with Gasteiger partial charge in [0.25, 0.3) is 15.9 Å². The van der Waals surface area contributed by atoms with Crippen LogP contribution in [0.4, 0.5) is 5.69 Å². The minimum absolute atomic E-state index is 0.00159. The monoisotopic (exact) mass is 394 g/mol. The summed E-state index contributed by atoms with van der Waals surface area (Å²) in [6.45, 7) is 7.82. The summed E-state index contributed by atoms with van der Waals surface area (Å²) in [7, 11) is -3.72. The van der Waals surface area contributed by atoms with E-state index in [-0.39, 0.29) is 21.9 Å². The third-order valence-electron chi connectivity index (χ3n) is 4.16. The molecule has 0 unspecified atom stereocenters. The first kappa shape index (κ1) is 20.3. The van der Waals surface area contributed by atoms with Gasteiger partial charge < -0.3 is 5.32 Å². The van der Waals surface area contributed by atoms with E-state index in [0.717, 1.165) is 5.56 Å². The van der Waals surface area contributed by atoms with E-state index in [1.54, 1.807) is 12.1 Å². The molecule has 0 fully saturated rings. The minimum atomic E-state index is -3.72. The average molecular weight is 395 g/mol. The molecule has 0 aromatic heterocycles. The number of carbonyl (C=O) groups is 1. The van der Waals surface area contributed by atoms with Crippen molar-refractivity contribution in [2.75, 3.05) is 4.72 Å². The Labute approximate surface area is 159 Å². The van der Waals surface area contributed by atoms with E-state index in [4.69, 9.17) is 11.6 Å². The van der Waals surface area contributed by atoms with Crippen LogP contribution < -0.4 is 10.0 Å². The number of sulfonamides is 1. The summed E-state index contributed by atoms with van der Waals surface area (Å²) in [6, 6.07) is 11.0. The van der Waals surface area contributed by atoms with Gasteiger partial charge in [0.1, 0.15) is 0 Å². The number of amides is 1. The molecular weight excluding hydrogens is 372 g/mol. The standard InChI is InChI=1S/C19H23ClN2O3S/c1-12(2)14(4)21-19(23)17-10-7-15(11-18(17)20)22-26(24,25)16-8-5-13(3)6-9-16/h5-12,14,22H,1-4H3,(H,21,23)/t14-/m1/s1. The van der Waals surface area contributed by atoms with Crippen LogP contribution in [0.2, 0.25) is 5.02 Å². The Balaban J connectivity index is 2.19. The molecule has 0 aliphatic carbocycles. The molecule has 0 heterocycles. The van der Waals surface area contributed by atoms with Crippen LogP contribution in [0.25, 0.3) is 0 Å². The van der Waals surface area contributed by atoms with E-state index in [0.29, 0.717) is 17.2 Å². The van der Waals surface area contributed by atoms with Gasteiger partial charge >= 0.3 is 0 Å². The van der Waals surface area contributed by atoms with E-state index in [9.17, 15) is 13.2 Å². The van der Waals surface area contributed by atoms with E-state index in [1.165, 1.54) is 30.3 Å². The van der Waals surface area contributed by atoms with Gasteiger partial charge in [0.2, 0.25) is 0 Å². The van der Waals surface area contributed by atoms with Gasteiger partial charge in [-0.15, -0.1) is 0 Å². The first-order chi connectivity index (χ1) is 12.1. The Morgan fingerprint density at radius 2 is 1.65 bits per heavy atom. The summed E-state index contributed by atoms with van der Waals surface area (Å²) in [5.41, 5.74) is 1.57. The summed E-state index contributed by atoms with van der Waals surface area (Å²) in [5, 5.41) is 3.06. The van der Waals surface area contributed by atoms with Crippen molar-refractivity contribution in [2.24, 2.45) is 5.92 Å². The first-order valence-corrected chi connectivity index (χ1v) is 10.2. The second kappa shape index (κ2) is 8.10. The number of aryl methyl sites for hydroxylation is 1. The van der Waals surface area contributed by atoms with Gasteiger partial charge in [0.15, 0.2) is 0 Å². The van der Waals surface area contributed by atoms with Crippen LogP contribution in [0.3, 0.4) is 0 Å².